The second-order valence-corrected chi connectivity index (χ2v) is 7.41. The third kappa shape index (κ3) is 3.57. The van der Waals surface area contributed by atoms with Crippen LogP contribution in [0.3, 0.4) is 0 Å². The number of nitrogens with zero attached hydrogens (tertiary/aromatic N) is 2. The van der Waals surface area contributed by atoms with E-state index in [4.69, 9.17) is 37.8 Å². The molecule has 0 spiro atoms. The molecule has 0 fully saturated rings. The minimum Gasteiger partial charge on any atom is -0.447 e. The third-order valence-corrected chi connectivity index (χ3v) is 5.28. The molecular weight excluding hydrogens is 383 g/mol. The van der Waals surface area contributed by atoms with Crippen LogP contribution in [-0.2, 0) is 4.74 Å². The van der Waals surface area contributed by atoms with E-state index < -0.39 is 0 Å². The molecule has 0 bridgehead atoms. The van der Waals surface area contributed by atoms with Gasteiger partial charge in [-0.2, -0.15) is 5.10 Å². The predicted octanol–water partition coefficient (Wildman–Crippen LogP) is 5.76. The zero-order valence-corrected chi connectivity index (χ0v) is 16.7. The van der Waals surface area contributed by atoms with Crippen molar-refractivity contribution in [1.29, 1.82) is 0 Å². The molecule has 0 aliphatic carbocycles. The van der Waals surface area contributed by atoms with E-state index >= 15 is 0 Å². The fraction of sp³-hybridized carbons (Fsp3) is 0.286. The van der Waals surface area contributed by atoms with Gasteiger partial charge in [-0.15, -0.1) is 0 Å². The minimum atomic E-state index is -0.328. The highest BCUT2D eigenvalue weighted by atomic mass is 35.5. The Morgan fingerprint density at radius 2 is 1.70 bits per heavy atom. The molecular formula is C21H20Cl2N2O2. The molecule has 1 aliphatic heterocycles. The van der Waals surface area contributed by atoms with Crippen molar-refractivity contribution >= 4 is 23.2 Å². The maximum absolute atomic E-state index is 6.20. The van der Waals surface area contributed by atoms with Crippen molar-refractivity contribution in [2.45, 2.75) is 32.5 Å². The number of fused-ring (bicyclic) bond motifs is 1. The van der Waals surface area contributed by atoms with E-state index in [-0.39, 0.29) is 12.2 Å². The molecule has 2 heterocycles. The lowest BCUT2D eigenvalue weighted by Crippen LogP contribution is -2.29. The Labute approximate surface area is 168 Å². The summed E-state index contributed by atoms with van der Waals surface area (Å²) in [6, 6.07) is 15.5. The molecule has 4 rings (SSSR count). The highest BCUT2D eigenvalue weighted by Gasteiger charge is 2.35. The first kappa shape index (κ1) is 18.4. The van der Waals surface area contributed by atoms with Crippen LogP contribution in [0, 0.1) is 6.92 Å². The number of rotatable bonds is 4. The van der Waals surface area contributed by atoms with Crippen LogP contribution in [-0.4, -0.2) is 22.7 Å². The topological polar surface area (TPSA) is 36.3 Å². The Bertz CT molecular complexity index is 936. The van der Waals surface area contributed by atoms with E-state index in [0.29, 0.717) is 11.6 Å². The quantitative estimate of drug-likeness (QED) is 0.555. The average molecular weight is 403 g/mol. The molecule has 0 radical (unpaired) electrons. The summed E-state index contributed by atoms with van der Waals surface area (Å²) >= 11 is 12.1. The van der Waals surface area contributed by atoms with Crippen LogP contribution in [0.5, 0.6) is 5.88 Å². The van der Waals surface area contributed by atoms with Crippen molar-refractivity contribution in [3.05, 3.63) is 75.4 Å². The summed E-state index contributed by atoms with van der Waals surface area (Å²) in [5.74, 6) is 0.850. The number of aromatic nitrogens is 2. The van der Waals surface area contributed by atoms with Gasteiger partial charge in [0.25, 0.3) is 0 Å². The number of ether oxygens (including phenoxy) is 2. The number of benzene rings is 2. The van der Waals surface area contributed by atoms with E-state index in [0.717, 1.165) is 34.3 Å². The van der Waals surface area contributed by atoms with Crippen molar-refractivity contribution in [3.8, 4) is 11.6 Å². The van der Waals surface area contributed by atoms with Gasteiger partial charge >= 0.3 is 0 Å². The van der Waals surface area contributed by atoms with E-state index in [1.165, 1.54) is 5.56 Å². The van der Waals surface area contributed by atoms with Crippen molar-refractivity contribution in [2.24, 2.45) is 0 Å². The SMILES string of the molecule is CCOC1CC(c2ccc(Cl)cc2)c2c(C)nn(-c3ccc(Cl)cc3)c2O1. The molecule has 2 aromatic carbocycles. The molecule has 4 nitrogen and oxygen atoms in total. The summed E-state index contributed by atoms with van der Waals surface area (Å²) in [6.45, 7) is 4.57. The van der Waals surface area contributed by atoms with Gasteiger partial charge in [0.2, 0.25) is 12.2 Å². The third-order valence-electron chi connectivity index (χ3n) is 4.78. The lowest BCUT2D eigenvalue weighted by Gasteiger charge is -2.31. The maximum atomic E-state index is 6.20. The normalized spacial score (nSPS) is 18.8. The molecule has 0 amide bonds. The van der Waals surface area contributed by atoms with Crippen LogP contribution in [0.25, 0.3) is 5.69 Å². The Morgan fingerprint density at radius 1 is 1.07 bits per heavy atom. The molecule has 1 aromatic heterocycles. The van der Waals surface area contributed by atoms with Crippen LogP contribution in [0.15, 0.2) is 48.5 Å². The van der Waals surface area contributed by atoms with Crippen molar-refractivity contribution in [2.75, 3.05) is 6.61 Å². The first-order valence-corrected chi connectivity index (χ1v) is 9.71. The molecule has 0 saturated heterocycles. The number of aryl methyl sites for hydroxylation is 1. The smallest absolute Gasteiger partial charge is 0.223 e. The fourth-order valence-electron chi connectivity index (χ4n) is 3.56. The van der Waals surface area contributed by atoms with Gasteiger partial charge in [0.05, 0.1) is 11.4 Å². The van der Waals surface area contributed by atoms with Crippen LogP contribution in [0.4, 0.5) is 0 Å². The van der Waals surface area contributed by atoms with Crippen molar-refractivity contribution in [3.63, 3.8) is 0 Å². The zero-order chi connectivity index (χ0) is 19.0. The Morgan fingerprint density at radius 3 is 2.33 bits per heavy atom. The largest absolute Gasteiger partial charge is 0.447 e. The van der Waals surface area contributed by atoms with Gasteiger partial charge < -0.3 is 9.47 Å². The molecule has 1 aliphatic rings. The first-order chi connectivity index (χ1) is 13.1. The zero-order valence-electron chi connectivity index (χ0n) is 15.2. The second-order valence-electron chi connectivity index (χ2n) is 6.54. The van der Waals surface area contributed by atoms with E-state index in [1.54, 1.807) is 0 Å². The van der Waals surface area contributed by atoms with E-state index in [9.17, 15) is 0 Å². The molecule has 3 aromatic rings. The Balaban J connectivity index is 1.83. The average Bonchev–Trinajstić information content (AvgIpc) is 2.99. The van der Waals surface area contributed by atoms with Gasteiger partial charge in [-0.25, -0.2) is 4.68 Å². The molecule has 2 atom stereocenters. The lowest BCUT2D eigenvalue weighted by atomic mass is 9.87. The molecule has 0 saturated carbocycles. The van der Waals surface area contributed by atoms with Gasteiger partial charge in [0, 0.05) is 34.6 Å². The molecule has 2 unspecified atom stereocenters. The molecule has 27 heavy (non-hydrogen) atoms. The summed E-state index contributed by atoms with van der Waals surface area (Å²) in [5.41, 5.74) is 4.10. The van der Waals surface area contributed by atoms with Gasteiger partial charge in [0.1, 0.15) is 0 Å². The first-order valence-electron chi connectivity index (χ1n) is 8.96. The van der Waals surface area contributed by atoms with Crippen molar-refractivity contribution in [1.82, 2.24) is 9.78 Å². The van der Waals surface area contributed by atoms with Crippen LogP contribution in [0.1, 0.15) is 36.1 Å². The number of hydrogen-bond donors (Lipinski definition) is 0. The van der Waals surface area contributed by atoms with Gasteiger partial charge in [-0.3, -0.25) is 0 Å². The lowest BCUT2D eigenvalue weighted by molar-refractivity contribution is -0.0927. The van der Waals surface area contributed by atoms with Gasteiger partial charge in [-0.1, -0.05) is 35.3 Å². The second kappa shape index (κ2) is 7.55. The maximum Gasteiger partial charge on any atom is 0.223 e. The Hall–Kier alpha value is -2.01. The number of hydrogen-bond acceptors (Lipinski definition) is 3. The summed E-state index contributed by atoms with van der Waals surface area (Å²) in [7, 11) is 0. The van der Waals surface area contributed by atoms with Crippen molar-refractivity contribution < 1.29 is 9.47 Å². The highest BCUT2D eigenvalue weighted by Crippen LogP contribution is 2.43. The van der Waals surface area contributed by atoms with E-state index in [1.807, 2.05) is 54.9 Å². The van der Waals surface area contributed by atoms with E-state index in [2.05, 4.69) is 12.1 Å². The fourth-order valence-corrected chi connectivity index (χ4v) is 3.81. The molecule has 6 heteroatoms. The standard InChI is InChI=1S/C21H20Cl2N2O2/c1-3-26-19-12-18(14-4-6-15(22)7-5-14)20-13(2)24-25(21(20)27-19)17-10-8-16(23)9-11-17/h4-11,18-19H,3,12H2,1-2H3. The van der Waals surface area contributed by atoms with Gasteiger partial charge in [0.15, 0.2) is 0 Å². The monoisotopic (exact) mass is 402 g/mol. The van der Waals surface area contributed by atoms with Crippen LogP contribution >= 0.6 is 23.2 Å². The van der Waals surface area contributed by atoms with Crippen LogP contribution < -0.4 is 4.74 Å². The summed E-state index contributed by atoms with van der Waals surface area (Å²) < 4.78 is 13.9. The number of halogens is 2. The summed E-state index contributed by atoms with van der Waals surface area (Å²) in [4.78, 5) is 0. The summed E-state index contributed by atoms with van der Waals surface area (Å²) in [5, 5.41) is 6.15. The molecule has 140 valence electrons. The molecule has 0 N–H and O–H groups in total. The van der Waals surface area contributed by atoms with Crippen LogP contribution in [0.2, 0.25) is 10.0 Å². The Kier molecular flexibility index (Phi) is 5.13. The minimum absolute atomic E-state index is 0.128. The highest BCUT2D eigenvalue weighted by molar-refractivity contribution is 6.30. The van der Waals surface area contributed by atoms with Gasteiger partial charge in [-0.05, 0) is 55.8 Å². The summed E-state index contributed by atoms with van der Waals surface area (Å²) in [6.07, 6.45) is 0.403. The predicted molar refractivity (Wildman–Crippen MR) is 107 cm³/mol.